The molecule has 0 saturated heterocycles. The van der Waals surface area contributed by atoms with Gasteiger partial charge in [0, 0.05) is 19.6 Å². The quantitative estimate of drug-likeness (QED) is 0.701. The molecule has 0 spiro atoms. The number of carboxylic acids is 1. The highest BCUT2D eigenvalue weighted by Crippen LogP contribution is 2.19. The summed E-state index contributed by atoms with van der Waals surface area (Å²) < 4.78 is 0. The molecule has 0 atom stereocenters. The van der Waals surface area contributed by atoms with E-state index in [2.05, 4.69) is 17.9 Å². The zero-order valence-corrected chi connectivity index (χ0v) is 9.21. The second-order valence-electron chi connectivity index (χ2n) is 4.72. The van der Waals surface area contributed by atoms with E-state index in [1.165, 1.54) is 5.57 Å². The average Bonchev–Trinajstić information content (AvgIpc) is 2.08. The molecule has 1 N–H and O–H groups in total. The molecule has 0 bridgehead atoms. The second-order valence-corrected chi connectivity index (χ2v) is 4.72. The predicted octanol–water partition coefficient (Wildman–Crippen LogP) is 1.75. The van der Waals surface area contributed by atoms with Gasteiger partial charge in [0.15, 0.2) is 0 Å². The Morgan fingerprint density at radius 3 is 2.71 bits per heavy atom. The van der Waals surface area contributed by atoms with Gasteiger partial charge < -0.3 is 5.11 Å². The Hall–Kier alpha value is -0.830. The molecule has 0 saturated carbocycles. The number of rotatable bonds is 3. The highest BCUT2D eigenvalue weighted by atomic mass is 16.4. The van der Waals surface area contributed by atoms with Crippen molar-refractivity contribution in [3.8, 4) is 0 Å². The molecule has 0 unspecified atom stereocenters. The van der Waals surface area contributed by atoms with Gasteiger partial charge in [-0.3, -0.25) is 9.69 Å². The Kier molecular flexibility index (Phi) is 3.32. The van der Waals surface area contributed by atoms with Crippen molar-refractivity contribution in [2.24, 2.45) is 5.41 Å². The normalized spacial score (nSPS) is 19.2. The smallest absolute Gasteiger partial charge is 0.310 e. The van der Waals surface area contributed by atoms with Crippen molar-refractivity contribution in [2.75, 3.05) is 19.6 Å². The van der Waals surface area contributed by atoms with Crippen LogP contribution in [0.15, 0.2) is 11.6 Å². The average molecular weight is 197 g/mol. The molecule has 0 aliphatic carbocycles. The lowest BCUT2D eigenvalue weighted by Gasteiger charge is -2.31. The maximum atomic E-state index is 10.9. The molecule has 3 heteroatoms. The number of hydrogen-bond donors (Lipinski definition) is 1. The van der Waals surface area contributed by atoms with Crippen LogP contribution < -0.4 is 0 Å². The fraction of sp³-hybridized carbons (Fsp3) is 0.727. The monoisotopic (exact) mass is 197 g/mol. The van der Waals surface area contributed by atoms with Crippen LogP contribution >= 0.6 is 0 Å². The Balaban J connectivity index is 2.50. The number of carboxylic acid groups (broad SMARTS) is 1. The van der Waals surface area contributed by atoms with Crippen molar-refractivity contribution in [2.45, 2.75) is 27.2 Å². The summed E-state index contributed by atoms with van der Waals surface area (Å²) in [6, 6.07) is 0. The fourth-order valence-corrected chi connectivity index (χ4v) is 1.58. The van der Waals surface area contributed by atoms with Gasteiger partial charge in [-0.15, -0.1) is 0 Å². The molecular formula is C11H19NO2. The van der Waals surface area contributed by atoms with Crippen molar-refractivity contribution in [1.82, 2.24) is 4.90 Å². The first-order chi connectivity index (χ1) is 6.42. The second kappa shape index (κ2) is 4.13. The van der Waals surface area contributed by atoms with Crippen molar-refractivity contribution < 1.29 is 9.90 Å². The zero-order valence-electron chi connectivity index (χ0n) is 9.21. The van der Waals surface area contributed by atoms with Gasteiger partial charge in [0.1, 0.15) is 0 Å². The van der Waals surface area contributed by atoms with Gasteiger partial charge in [0.2, 0.25) is 0 Å². The van der Waals surface area contributed by atoms with Gasteiger partial charge in [-0.2, -0.15) is 0 Å². The van der Waals surface area contributed by atoms with Crippen LogP contribution in [0.3, 0.4) is 0 Å². The first-order valence-electron chi connectivity index (χ1n) is 5.03. The van der Waals surface area contributed by atoms with Crippen molar-refractivity contribution in [3.63, 3.8) is 0 Å². The maximum absolute atomic E-state index is 10.9. The Morgan fingerprint density at radius 1 is 1.64 bits per heavy atom. The van der Waals surface area contributed by atoms with Crippen LogP contribution in [0, 0.1) is 5.41 Å². The zero-order chi connectivity index (χ0) is 10.8. The minimum Gasteiger partial charge on any atom is -0.481 e. The van der Waals surface area contributed by atoms with Crippen LogP contribution in [-0.2, 0) is 4.79 Å². The summed E-state index contributed by atoms with van der Waals surface area (Å²) in [5, 5.41) is 8.98. The van der Waals surface area contributed by atoms with Crippen LogP contribution in [0.4, 0.5) is 0 Å². The van der Waals surface area contributed by atoms with Crippen LogP contribution in [0.25, 0.3) is 0 Å². The number of hydrogen-bond acceptors (Lipinski definition) is 2. The molecular weight excluding hydrogens is 178 g/mol. The molecule has 1 heterocycles. The topological polar surface area (TPSA) is 40.5 Å². The van der Waals surface area contributed by atoms with Crippen LogP contribution in [-0.4, -0.2) is 35.6 Å². The van der Waals surface area contributed by atoms with Gasteiger partial charge in [-0.1, -0.05) is 11.6 Å². The van der Waals surface area contributed by atoms with E-state index in [0.29, 0.717) is 6.54 Å². The standard InChI is InChI=1S/C11H19NO2/c1-9-4-6-12(7-5-9)8-11(2,3)10(13)14/h4H,5-8H2,1-3H3,(H,13,14). The Labute approximate surface area is 85.4 Å². The highest BCUT2D eigenvalue weighted by molar-refractivity contribution is 5.73. The third-order valence-corrected chi connectivity index (χ3v) is 2.72. The molecule has 1 aliphatic heterocycles. The van der Waals surface area contributed by atoms with E-state index in [-0.39, 0.29) is 0 Å². The molecule has 0 amide bonds. The van der Waals surface area contributed by atoms with Crippen molar-refractivity contribution >= 4 is 5.97 Å². The largest absolute Gasteiger partial charge is 0.481 e. The molecule has 0 aromatic carbocycles. The fourth-order valence-electron chi connectivity index (χ4n) is 1.58. The lowest BCUT2D eigenvalue weighted by Crippen LogP contribution is -2.41. The summed E-state index contributed by atoms with van der Waals surface area (Å²) in [5.74, 6) is -0.719. The molecule has 0 aromatic heterocycles. The number of aliphatic carboxylic acids is 1. The van der Waals surface area contributed by atoms with E-state index in [4.69, 9.17) is 5.11 Å². The summed E-state index contributed by atoms with van der Waals surface area (Å²) in [6.07, 6.45) is 3.25. The number of nitrogens with zero attached hydrogens (tertiary/aromatic N) is 1. The molecule has 80 valence electrons. The van der Waals surface area contributed by atoms with E-state index in [1.54, 1.807) is 13.8 Å². The third-order valence-electron chi connectivity index (χ3n) is 2.72. The summed E-state index contributed by atoms with van der Waals surface area (Å²) in [6.45, 7) is 8.19. The molecule has 1 aliphatic rings. The number of carbonyl (C=O) groups is 1. The first-order valence-corrected chi connectivity index (χ1v) is 5.03. The summed E-state index contributed by atoms with van der Waals surface area (Å²) in [5.41, 5.74) is 0.772. The molecule has 14 heavy (non-hydrogen) atoms. The Bertz CT molecular complexity index is 256. The molecule has 3 nitrogen and oxygen atoms in total. The van der Waals surface area contributed by atoms with Crippen molar-refractivity contribution in [1.29, 1.82) is 0 Å². The van der Waals surface area contributed by atoms with E-state index in [0.717, 1.165) is 19.5 Å². The predicted molar refractivity (Wildman–Crippen MR) is 56.2 cm³/mol. The van der Waals surface area contributed by atoms with Gasteiger partial charge in [-0.05, 0) is 27.2 Å². The molecule has 0 radical (unpaired) electrons. The van der Waals surface area contributed by atoms with Gasteiger partial charge in [0.25, 0.3) is 0 Å². The minimum absolute atomic E-state index is 0.631. The van der Waals surface area contributed by atoms with E-state index < -0.39 is 11.4 Å². The van der Waals surface area contributed by atoms with E-state index >= 15 is 0 Å². The Morgan fingerprint density at radius 2 is 2.29 bits per heavy atom. The van der Waals surface area contributed by atoms with E-state index in [1.807, 2.05) is 0 Å². The van der Waals surface area contributed by atoms with Crippen molar-refractivity contribution in [3.05, 3.63) is 11.6 Å². The van der Waals surface area contributed by atoms with Gasteiger partial charge in [-0.25, -0.2) is 0 Å². The SMILES string of the molecule is CC1=CCN(CC(C)(C)C(=O)O)CC1. The first kappa shape index (κ1) is 11.2. The van der Waals surface area contributed by atoms with Crippen LogP contribution in [0.2, 0.25) is 0 Å². The van der Waals surface area contributed by atoms with Gasteiger partial charge in [0.05, 0.1) is 5.41 Å². The molecule has 0 aromatic rings. The lowest BCUT2D eigenvalue weighted by atomic mass is 9.92. The molecule has 0 fully saturated rings. The summed E-state index contributed by atoms with van der Waals surface area (Å²) >= 11 is 0. The highest BCUT2D eigenvalue weighted by Gasteiger charge is 2.29. The van der Waals surface area contributed by atoms with E-state index in [9.17, 15) is 4.79 Å². The minimum atomic E-state index is -0.719. The summed E-state index contributed by atoms with van der Waals surface area (Å²) in [4.78, 5) is 13.1. The van der Waals surface area contributed by atoms with Crippen LogP contribution in [0.5, 0.6) is 0 Å². The van der Waals surface area contributed by atoms with Gasteiger partial charge >= 0.3 is 5.97 Å². The summed E-state index contributed by atoms with van der Waals surface area (Å²) in [7, 11) is 0. The maximum Gasteiger partial charge on any atom is 0.310 e. The van der Waals surface area contributed by atoms with Crippen LogP contribution in [0.1, 0.15) is 27.2 Å². The molecule has 1 rings (SSSR count). The third kappa shape index (κ3) is 2.84. The lowest BCUT2D eigenvalue weighted by molar-refractivity contribution is -0.147.